The van der Waals surface area contributed by atoms with Gasteiger partial charge in [-0.2, -0.15) is 0 Å². The highest BCUT2D eigenvalue weighted by Crippen LogP contribution is 2.37. The molecular formula is C23H19FN6O3. The number of ether oxygens (including phenoxy) is 1. The Kier molecular flexibility index (Phi) is 5.25. The molecule has 0 amide bonds. The molecule has 9 nitrogen and oxygen atoms in total. The molecule has 1 aliphatic rings. The van der Waals surface area contributed by atoms with E-state index >= 15 is 0 Å². The number of nitrogens with zero attached hydrogens (tertiary/aromatic N) is 5. The van der Waals surface area contributed by atoms with Gasteiger partial charge in [0.05, 0.1) is 17.7 Å². The SMILES string of the molecule is CCOC(=O)c1cn(C2CC2)c2nc(Nc3nccc(-c4cccnc4)n3)c(F)cc2c1=O. The van der Waals surface area contributed by atoms with E-state index in [-0.39, 0.29) is 41.0 Å². The first-order valence-electron chi connectivity index (χ1n) is 10.5. The smallest absolute Gasteiger partial charge is 0.343 e. The summed E-state index contributed by atoms with van der Waals surface area (Å²) in [4.78, 5) is 42.2. The zero-order valence-corrected chi connectivity index (χ0v) is 17.7. The number of anilines is 2. The third-order valence-corrected chi connectivity index (χ3v) is 5.24. The molecule has 4 aromatic rings. The molecule has 0 spiro atoms. The topological polar surface area (TPSA) is 112 Å². The highest BCUT2D eigenvalue weighted by molar-refractivity contribution is 5.93. The second-order valence-corrected chi connectivity index (χ2v) is 7.55. The lowest BCUT2D eigenvalue weighted by atomic mass is 10.2. The molecule has 0 aliphatic heterocycles. The van der Waals surface area contributed by atoms with Gasteiger partial charge >= 0.3 is 5.97 Å². The molecule has 0 unspecified atom stereocenters. The summed E-state index contributed by atoms with van der Waals surface area (Å²) in [5.74, 6) is -1.48. The first-order chi connectivity index (χ1) is 16.0. The van der Waals surface area contributed by atoms with Crippen molar-refractivity contribution in [1.82, 2.24) is 24.5 Å². The molecule has 1 fully saturated rings. The maximum absolute atomic E-state index is 15.0. The van der Waals surface area contributed by atoms with Crippen LogP contribution in [0.4, 0.5) is 16.2 Å². The van der Waals surface area contributed by atoms with Gasteiger partial charge in [-0.05, 0) is 44.0 Å². The molecule has 1 saturated carbocycles. The number of fused-ring (bicyclic) bond motifs is 1. The Morgan fingerprint density at radius 3 is 2.85 bits per heavy atom. The van der Waals surface area contributed by atoms with E-state index in [0.29, 0.717) is 5.69 Å². The molecule has 0 radical (unpaired) electrons. The number of rotatable bonds is 6. The normalized spacial score (nSPS) is 13.2. The Morgan fingerprint density at radius 1 is 1.27 bits per heavy atom. The second-order valence-electron chi connectivity index (χ2n) is 7.55. The van der Waals surface area contributed by atoms with Crippen LogP contribution in [0.15, 0.2) is 53.8 Å². The number of nitrogens with one attached hydrogen (secondary N) is 1. The fraction of sp³-hybridized carbons (Fsp3) is 0.217. The summed E-state index contributed by atoms with van der Waals surface area (Å²) in [7, 11) is 0. The Bertz CT molecular complexity index is 1420. The summed E-state index contributed by atoms with van der Waals surface area (Å²) in [5, 5.41) is 2.82. The van der Waals surface area contributed by atoms with Crippen molar-refractivity contribution in [2.45, 2.75) is 25.8 Å². The molecule has 4 heterocycles. The maximum atomic E-state index is 15.0. The van der Waals surface area contributed by atoms with Crippen molar-refractivity contribution >= 4 is 28.8 Å². The predicted octanol–water partition coefficient (Wildman–Crippen LogP) is 3.64. The molecule has 0 saturated heterocycles. The van der Waals surface area contributed by atoms with Crippen molar-refractivity contribution in [2.24, 2.45) is 0 Å². The molecule has 0 atom stereocenters. The van der Waals surface area contributed by atoms with E-state index in [0.717, 1.165) is 24.5 Å². The van der Waals surface area contributed by atoms with Crippen LogP contribution in [0.5, 0.6) is 0 Å². The van der Waals surface area contributed by atoms with Gasteiger partial charge < -0.3 is 14.6 Å². The molecule has 4 aromatic heterocycles. The molecule has 166 valence electrons. The van der Waals surface area contributed by atoms with Gasteiger partial charge in [-0.1, -0.05) is 0 Å². The Morgan fingerprint density at radius 2 is 2.12 bits per heavy atom. The number of hydrogen-bond acceptors (Lipinski definition) is 8. The molecule has 1 N–H and O–H groups in total. The summed E-state index contributed by atoms with van der Waals surface area (Å²) in [6.07, 6.45) is 8.06. The minimum atomic E-state index is -0.765. The standard InChI is InChI=1S/C23H19FN6O3/c1-2-33-22(32)16-12-30(14-5-6-14)21-15(19(16)31)10-17(24)20(28-21)29-23-26-9-7-18(27-23)13-4-3-8-25-11-13/h3-4,7-12,14H,2,5-6H2,1H3,(H,26,27,28,29). The third kappa shape index (κ3) is 4.02. The molecule has 33 heavy (non-hydrogen) atoms. The van der Waals surface area contributed by atoms with Crippen molar-refractivity contribution in [3.63, 3.8) is 0 Å². The third-order valence-electron chi connectivity index (χ3n) is 5.24. The Hall–Kier alpha value is -4.21. The van der Waals surface area contributed by atoms with E-state index in [1.54, 1.807) is 42.2 Å². The lowest BCUT2D eigenvalue weighted by Gasteiger charge is -2.14. The second kappa shape index (κ2) is 8.38. The monoisotopic (exact) mass is 446 g/mol. The molecular weight excluding hydrogens is 427 g/mol. The van der Waals surface area contributed by atoms with Crippen LogP contribution in [-0.4, -0.2) is 37.1 Å². The van der Waals surface area contributed by atoms with Gasteiger partial charge in [0.1, 0.15) is 11.2 Å². The zero-order valence-electron chi connectivity index (χ0n) is 17.7. The average Bonchev–Trinajstić information content (AvgIpc) is 3.67. The highest BCUT2D eigenvalue weighted by Gasteiger charge is 2.28. The quantitative estimate of drug-likeness (QED) is 0.447. The number of aromatic nitrogens is 5. The van der Waals surface area contributed by atoms with Crippen LogP contribution in [0.25, 0.3) is 22.3 Å². The largest absolute Gasteiger partial charge is 0.462 e. The van der Waals surface area contributed by atoms with Crippen molar-refractivity contribution in [1.29, 1.82) is 0 Å². The van der Waals surface area contributed by atoms with Crippen LogP contribution in [0, 0.1) is 5.82 Å². The van der Waals surface area contributed by atoms with Crippen LogP contribution < -0.4 is 10.7 Å². The van der Waals surface area contributed by atoms with Crippen LogP contribution in [0.3, 0.4) is 0 Å². The molecule has 0 aromatic carbocycles. The summed E-state index contributed by atoms with van der Waals surface area (Å²) in [5.41, 5.74) is 0.918. The summed E-state index contributed by atoms with van der Waals surface area (Å²) in [6, 6.07) is 6.52. The number of pyridine rings is 3. The van der Waals surface area contributed by atoms with Gasteiger partial charge in [-0.3, -0.25) is 9.78 Å². The van der Waals surface area contributed by atoms with E-state index in [1.807, 2.05) is 6.07 Å². The maximum Gasteiger partial charge on any atom is 0.343 e. The number of esters is 1. The fourth-order valence-electron chi connectivity index (χ4n) is 3.52. The van der Waals surface area contributed by atoms with Crippen LogP contribution >= 0.6 is 0 Å². The number of halogens is 1. The van der Waals surface area contributed by atoms with E-state index in [2.05, 4.69) is 25.3 Å². The lowest BCUT2D eigenvalue weighted by molar-refractivity contribution is 0.0524. The average molecular weight is 446 g/mol. The van der Waals surface area contributed by atoms with Crippen LogP contribution in [-0.2, 0) is 4.74 Å². The minimum absolute atomic E-state index is 0.0144. The zero-order chi connectivity index (χ0) is 22.9. The van der Waals surface area contributed by atoms with Gasteiger partial charge in [0.2, 0.25) is 11.4 Å². The van der Waals surface area contributed by atoms with E-state index in [9.17, 15) is 14.0 Å². The summed E-state index contributed by atoms with van der Waals surface area (Å²) >= 11 is 0. The van der Waals surface area contributed by atoms with Crippen LogP contribution in [0.1, 0.15) is 36.2 Å². The van der Waals surface area contributed by atoms with E-state index in [1.165, 1.54) is 6.20 Å². The molecule has 0 bridgehead atoms. The molecule has 10 heteroatoms. The highest BCUT2D eigenvalue weighted by atomic mass is 19.1. The first-order valence-corrected chi connectivity index (χ1v) is 10.5. The summed E-state index contributed by atoms with van der Waals surface area (Å²) < 4.78 is 21.7. The van der Waals surface area contributed by atoms with Crippen molar-refractivity contribution in [3.8, 4) is 11.3 Å². The minimum Gasteiger partial charge on any atom is -0.462 e. The first kappa shape index (κ1) is 20.7. The summed E-state index contributed by atoms with van der Waals surface area (Å²) in [6.45, 7) is 1.79. The van der Waals surface area contributed by atoms with Gasteiger partial charge in [-0.15, -0.1) is 0 Å². The van der Waals surface area contributed by atoms with Crippen molar-refractivity contribution in [3.05, 3.63) is 70.7 Å². The van der Waals surface area contributed by atoms with E-state index in [4.69, 9.17) is 4.74 Å². The van der Waals surface area contributed by atoms with Gasteiger partial charge in [0.25, 0.3) is 0 Å². The molecule has 5 rings (SSSR count). The number of hydrogen-bond donors (Lipinski definition) is 1. The van der Waals surface area contributed by atoms with Gasteiger partial charge in [-0.25, -0.2) is 24.1 Å². The Balaban J connectivity index is 1.57. The lowest BCUT2D eigenvalue weighted by Crippen LogP contribution is -2.21. The molecule has 1 aliphatic carbocycles. The number of carbonyl (C=O) groups excluding carboxylic acids is 1. The fourth-order valence-corrected chi connectivity index (χ4v) is 3.52. The van der Waals surface area contributed by atoms with Crippen LogP contribution in [0.2, 0.25) is 0 Å². The number of carbonyl (C=O) groups is 1. The van der Waals surface area contributed by atoms with Gasteiger partial charge in [0, 0.05) is 36.4 Å². The Labute approximate surface area is 187 Å². The van der Waals surface area contributed by atoms with Crippen molar-refractivity contribution < 1.29 is 13.9 Å². The predicted molar refractivity (Wildman–Crippen MR) is 119 cm³/mol. The van der Waals surface area contributed by atoms with E-state index < -0.39 is 17.2 Å². The van der Waals surface area contributed by atoms with Gasteiger partial charge in [0.15, 0.2) is 11.6 Å². The van der Waals surface area contributed by atoms with Crippen molar-refractivity contribution in [2.75, 3.05) is 11.9 Å².